The third-order valence-corrected chi connectivity index (χ3v) is 6.49. The molecule has 0 bridgehead atoms. The van der Waals surface area contributed by atoms with Crippen molar-refractivity contribution in [2.45, 2.75) is 39.2 Å². The molecular weight excluding hydrogens is 438 g/mol. The summed E-state index contributed by atoms with van der Waals surface area (Å²) in [5, 5.41) is 3.86. The smallest absolute Gasteiger partial charge is 0.341 e. The lowest BCUT2D eigenvalue weighted by atomic mass is 9.95. The molecule has 6 nitrogen and oxygen atoms in total. The Labute approximate surface area is 189 Å². The van der Waals surface area contributed by atoms with Gasteiger partial charge in [0.15, 0.2) is 5.76 Å². The molecule has 2 heterocycles. The van der Waals surface area contributed by atoms with E-state index in [2.05, 4.69) is 5.32 Å². The average Bonchev–Trinajstić information content (AvgIpc) is 3.38. The summed E-state index contributed by atoms with van der Waals surface area (Å²) in [5.41, 5.74) is 1.47. The second-order valence-corrected chi connectivity index (χ2v) is 8.59. The monoisotopic (exact) mass is 459 g/mol. The number of amides is 1. The van der Waals surface area contributed by atoms with E-state index in [9.17, 15) is 9.59 Å². The van der Waals surface area contributed by atoms with Crippen LogP contribution < -0.4 is 10.1 Å². The summed E-state index contributed by atoms with van der Waals surface area (Å²) >= 11 is 7.53. The Hall–Kier alpha value is -2.77. The SMILES string of the molecule is CCOC(=O)c1c(NC(=O)c2ccc(COc3ccccc3Cl)o2)sc2c1CCCC2. The van der Waals surface area contributed by atoms with Crippen LogP contribution in [0.1, 0.15) is 56.9 Å². The molecule has 0 saturated carbocycles. The van der Waals surface area contributed by atoms with Gasteiger partial charge in [0.2, 0.25) is 0 Å². The zero-order valence-corrected chi connectivity index (χ0v) is 18.6. The molecule has 0 radical (unpaired) electrons. The van der Waals surface area contributed by atoms with Crippen molar-refractivity contribution in [2.24, 2.45) is 0 Å². The van der Waals surface area contributed by atoms with E-state index in [1.54, 1.807) is 31.2 Å². The number of halogens is 1. The molecule has 1 aromatic carbocycles. The molecule has 0 spiro atoms. The van der Waals surface area contributed by atoms with Crippen LogP contribution in [0.2, 0.25) is 5.02 Å². The molecule has 8 heteroatoms. The van der Waals surface area contributed by atoms with Crippen molar-refractivity contribution in [3.8, 4) is 5.75 Å². The number of carbonyl (C=O) groups excluding carboxylic acids is 2. The van der Waals surface area contributed by atoms with Gasteiger partial charge in [0.05, 0.1) is 17.2 Å². The number of thiophene rings is 1. The Bertz CT molecular complexity index is 1100. The van der Waals surface area contributed by atoms with Crippen LogP contribution in [0, 0.1) is 0 Å². The van der Waals surface area contributed by atoms with E-state index in [0.29, 0.717) is 27.1 Å². The van der Waals surface area contributed by atoms with Crippen LogP contribution >= 0.6 is 22.9 Å². The second kappa shape index (κ2) is 9.58. The van der Waals surface area contributed by atoms with Gasteiger partial charge < -0.3 is 19.2 Å². The van der Waals surface area contributed by atoms with Gasteiger partial charge in [-0.25, -0.2) is 4.79 Å². The minimum Gasteiger partial charge on any atom is -0.484 e. The number of benzene rings is 1. The van der Waals surface area contributed by atoms with Crippen molar-refractivity contribution in [1.29, 1.82) is 0 Å². The number of ether oxygens (including phenoxy) is 2. The quantitative estimate of drug-likeness (QED) is 0.446. The van der Waals surface area contributed by atoms with Gasteiger partial charge in [-0.15, -0.1) is 11.3 Å². The molecule has 4 rings (SSSR count). The lowest BCUT2D eigenvalue weighted by Crippen LogP contribution is -2.15. The number of anilines is 1. The molecule has 0 unspecified atom stereocenters. The zero-order chi connectivity index (χ0) is 21.8. The molecule has 0 aliphatic heterocycles. The van der Waals surface area contributed by atoms with Crippen LogP contribution in [0.15, 0.2) is 40.8 Å². The number of nitrogens with one attached hydrogen (secondary N) is 1. The third-order valence-electron chi connectivity index (χ3n) is 4.97. The molecule has 0 fully saturated rings. The topological polar surface area (TPSA) is 77.8 Å². The van der Waals surface area contributed by atoms with Crippen LogP contribution in [0.25, 0.3) is 0 Å². The minimum atomic E-state index is -0.423. The maximum atomic E-state index is 12.8. The molecule has 0 atom stereocenters. The molecule has 1 amide bonds. The van der Waals surface area contributed by atoms with E-state index in [1.165, 1.54) is 11.3 Å². The van der Waals surface area contributed by atoms with Crippen molar-refractivity contribution in [3.63, 3.8) is 0 Å². The number of hydrogen-bond acceptors (Lipinski definition) is 6. The number of para-hydroxylation sites is 1. The molecular formula is C23H22ClNO5S. The van der Waals surface area contributed by atoms with Gasteiger partial charge in [0.1, 0.15) is 23.1 Å². The van der Waals surface area contributed by atoms with Crippen molar-refractivity contribution in [1.82, 2.24) is 0 Å². The Morgan fingerprint density at radius 3 is 2.77 bits per heavy atom. The molecule has 2 aromatic heterocycles. The molecule has 1 N–H and O–H groups in total. The first-order valence-electron chi connectivity index (χ1n) is 10.2. The van der Waals surface area contributed by atoms with E-state index < -0.39 is 11.9 Å². The maximum absolute atomic E-state index is 12.8. The zero-order valence-electron chi connectivity index (χ0n) is 17.0. The standard InChI is InChI=1S/C23H22ClNO5S/c1-2-28-23(27)20-15-7-3-6-10-19(15)31-22(20)25-21(26)18-12-11-14(30-18)13-29-17-9-5-4-8-16(17)24/h4-5,8-9,11-12H,2-3,6-7,10,13H2,1H3,(H,25,26). The highest BCUT2D eigenvalue weighted by Gasteiger charge is 2.28. The summed E-state index contributed by atoms with van der Waals surface area (Å²) in [6, 6.07) is 10.4. The largest absolute Gasteiger partial charge is 0.484 e. The Balaban J connectivity index is 1.48. The van der Waals surface area contributed by atoms with Crippen molar-refractivity contribution in [3.05, 3.63) is 68.9 Å². The van der Waals surface area contributed by atoms with E-state index >= 15 is 0 Å². The van der Waals surface area contributed by atoms with Crippen LogP contribution in [0.3, 0.4) is 0 Å². The number of furan rings is 1. The number of rotatable bonds is 7. The average molecular weight is 460 g/mol. The normalized spacial score (nSPS) is 12.8. The minimum absolute atomic E-state index is 0.137. The van der Waals surface area contributed by atoms with Gasteiger partial charge in [0, 0.05) is 4.88 Å². The molecule has 31 heavy (non-hydrogen) atoms. The lowest BCUT2D eigenvalue weighted by molar-refractivity contribution is 0.0526. The number of hydrogen-bond donors (Lipinski definition) is 1. The van der Waals surface area contributed by atoms with E-state index in [1.807, 2.05) is 12.1 Å². The van der Waals surface area contributed by atoms with Crippen LogP contribution in [0.5, 0.6) is 5.75 Å². The summed E-state index contributed by atoms with van der Waals surface area (Å²) in [5.74, 6) is 0.341. The van der Waals surface area contributed by atoms with Crippen LogP contribution in [0.4, 0.5) is 5.00 Å². The maximum Gasteiger partial charge on any atom is 0.341 e. The summed E-state index contributed by atoms with van der Waals surface area (Å²) in [6.07, 6.45) is 3.83. The van der Waals surface area contributed by atoms with Crippen LogP contribution in [-0.2, 0) is 24.2 Å². The molecule has 0 saturated heterocycles. The van der Waals surface area contributed by atoms with E-state index in [0.717, 1.165) is 36.1 Å². The van der Waals surface area contributed by atoms with Gasteiger partial charge in [-0.2, -0.15) is 0 Å². The lowest BCUT2D eigenvalue weighted by Gasteiger charge is -2.12. The molecule has 1 aliphatic carbocycles. The van der Waals surface area contributed by atoms with Gasteiger partial charge in [0.25, 0.3) is 5.91 Å². The Morgan fingerprint density at radius 1 is 1.16 bits per heavy atom. The van der Waals surface area contributed by atoms with Gasteiger partial charge in [-0.1, -0.05) is 23.7 Å². The predicted octanol–water partition coefficient (Wildman–Crippen LogP) is 5.88. The van der Waals surface area contributed by atoms with Crippen LogP contribution in [-0.4, -0.2) is 18.5 Å². The van der Waals surface area contributed by atoms with Crippen molar-refractivity contribution < 1.29 is 23.5 Å². The van der Waals surface area contributed by atoms with Gasteiger partial charge in [-0.05, 0) is 62.4 Å². The summed E-state index contributed by atoms with van der Waals surface area (Å²) in [7, 11) is 0. The first-order valence-corrected chi connectivity index (χ1v) is 11.3. The highest BCUT2D eigenvalue weighted by Crippen LogP contribution is 2.39. The number of fused-ring (bicyclic) bond motifs is 1. The van der Waals surface area contributed by atoms with E-state index in [-0.39, 0.29) is 19.0 Å². The third kappa shape index (κ3) is 4.78. The molecule has 1 aliphatic rings. The second-order valence-electron chi connectivity index (χ2n) is 7.07. The number of aryl methyl sites for hydroxylation is 1. The Kier molecular flexibility index (Phi) is 6.63. The Morgan fingerprint density at radius 2 is 1.97 bits per heavy atom. The predicted molar refractivity (Wildman–Crippen MR) is 119 cm³/mol. The van der Waals surface area contributed by atoms with Gasteiger partial charge >= 0.3 is 5.97 Å². The summed E-state index contributed by atoms with van der Waals surface area (Å²) in [4.78, 5) is 26.5. The summed E-state index contributed by atoms with van der Waals surface area (Å²) < 4.78 is 16.5. The highest BCUT2D eigenvalue weighted by atomic mass is 35.5. The molecule has 162 valence electrons. The first-order chi connectivity index (χ1) is 15.1. The van der Waals surface area contributed by atoms with Crippen molar-refractivity contribution in [2.75, 3.05) is 11.9 Å². The number of carbonyl (C=O) groups is 2. The van der Waals surface area contributed by atoms with E-state index in [4.69, 9.17) is 25.5 Å². The highest BCUT2D eigenvalue weighted by molar-refractivity contribution is 7.17. The fourth-order valence-corrected chi connectivity index (χ4v) is 4.99. The molecule has 3 aromatic rings. The van der Waals surface area contributed by atoms with Crippen molar-refractivity contribution >= 4 is 39.8 Å². The first kappa shape index (κ1) is 21.5. The fraction of sp³-hybridized carbons (Fsp3) is 0.304. The van der Waals surface area contributed by atoms with Gasteiger partial charge in [-0.3, -0.25) is 4.79 Å². The fourth-order valence-electron chi connectivity index (χ4n) is 3.53. The number of esters is 1. The summed E-state index contributed by atoms with van der Waals surface area (Å²) in [6.45, 7) is 2.19.